The van der Waals surface area contributed by atoms with E-state index in [1.807, 2.05) is 13.0 Å². The van der Waals surface area contributed by atoms with Gasteiger partial charge in [-0.1, -0.05) is 17.7 Å². The molecule has 0 unspecified atom stereocenters. The summed E-state index contributed by atoms with van der Waals surface area (Å²) in [5.74, 6) is -0.0896. The molecule has 0 bridgehead atoms. The van der Waals surface area contributed by atoms with Gasteiger partial charge in [-0.2, -0.15) is 5.26 Å². The maximum absolute atomic E-state index is 12.0. The maximum Gasteiger partial charge on any atom is 0.241 e. The highest BCUT2D eigenvalue weighted by atomic mass is 35.5. The van der Waals surface area contributed by atoms with Crippen LogP contribution >= 0.6 is 11.6 Å². The van der Waals surface area contributed by atoms with Gasteiger partial charge >= 0.3 is 0 Å². The summed E-state index contributed by atoms with van der Waals surface area (Å²) >= 11 is 6.02. The number of amides is 1. The molecule has 0 aliphatic heterocycles. The first-order valence-corrected chi connectivity index (χ1v) is 6.78. The Bertz CT molecular complexity index is 500. The number of aliphatic hydroxyl groups excluding tert-OH is 1. The van der Waals surface area contributed by atoms with E-state index in [1.165, 1.54) is 0 Å². The number of anilines is 1. The molecule has 0 saturated carbocycles. The number of carbonyl (C=O) groups excluding carboxylic acids is 1. The largest absolute Gasteiger partial charge is 0.392 e. The van der Waals surface area contributed by atoms with Crippen LogP contribution in [0.2, 0.25) is 5.02 Å². The normalized spacial score (nSPS) is 9.90. The zero-order valence-electron chi connectivity index (χ0n) is 11.4. The number of likely N-dealkylation sites (N-methyl/N-ethyl adjacent to an activating group) is 1. The second-order valence-corrected chi connectivity index (χ2v) is 4.61. The first-order valence-electron chi connectivity index (χ1n) is 6.40. The lowest BCUT2D eigenvalue weighted by atomic mass is 10.2. The van der Waals surface area contributed by atoms with Gasteiger partial charge in [0.2, 0.25) is 5.91 Å². The van der Waals surface area contributed by atoms with Crippen LogP contribution in [0.15, 0.2) is 18.2 Å². The summed E-state index contributed by atoms with van der Waals surface area (Å²) in [4.78, 5) is 13.6. The molecule has 0 aliphatic rings. The minimum atomic E-state index is -0.0896. The van der Waals surface area contributed by atoms with Crippen LogP contribution < -0.4 is 5.32 Å². The number of rotatable bonds is 7. The Labute approximate surface area is 123 Å². The Hall–Kier alpha value is -1.77. The van der Waals surface area contributed by atoms with Gasteiger partial charge in [0.25, 0.3) is 0 Å². The standard InChI is InChI=1S/C14H18ClN3O2/c1-2-18(7-3-6-16)14(20)9-17-13-8-11(10-19)4-5-12(13)15/h4-5,8,17,19H,2-3,7,9-10H2,1H3. The number of nitrogens with one attached hydrogen (secondary N) is 1. The molecule has 0 radical (unpaired) electrons. The van der Waals surface area contributed by atoms with E-state index in [1.54, 1.807) is 23.1 Å². The SMILES string of the molecule is CCN(CCC#N)C(=O)CNc1cc(CO)ccc1Cl. The number of carbonyl (C=O) groups is 1. The van der Waals surface area contributed by atoms with Crippen molar-refractivity contribution in [2.75, 3.05) is 25.0 Å². The number of halogens is 1. The summed E-state index contributed by atoms with van der Waals surface area (Å²) in [6.45, 7) is 2.89. The molecule has 1 rings (SSSR count). The molecule has 2 N–H and O–H groups in total. The van der Waals surface area contributed by atoms with Gasteiger partial charge in [0, 0.05) is 13.1 Å². The average molecular weight is 296 g/mol. The molecule has 0 aliphatic carbocycles. The van der Waals surface area contributed by atoms with E-state index in [2.05, 4.69) is 5.32 Å². The minimum Gasteiger partial charge on any atom is -0.392 e. The van der Waals surface area contributed by atoms with Crippen molar-refractivity contribution in [3.8, 4) is 6.07 Å². The van der Waals surface area contributed by atoms with Crippen LogP contribution in [0, 0.1) is 11.3 Å². The lowest BCUT2D eigenvalue weighted by molar-refractivity contribution is -0.129. The smallest absolute Gasteiger partial charge is 0.241 e. The Balaban J connectivity index is 2.62. The van der Waals surface area contributed by atoms with Crippen LogP contribution in [-0.2, 0) is 11.4 Å². The molecule has 0 spiro atoms. The lowest BCUT2D eigenvalue weighted by Crippen LogP contribution is -2.36. The lowest BCUT2D eigenvalue weighted by Gasteiger charge is -2.20. The molecule has 0 heterocycles. The van der Waals surface area contributed by atoms with Crippen LogP contribution in [0.5, 0.6) is 0 Å². The Morgan fingerprint density at radius 3 is 2.90 bits per heavy atom. The van der Waals surface area contributed by atoms with Crippen LogP contribution in [-0.4, -0.2) is 35.5 Å². The van der Waals surface area contributed by atoms with Gasteiger partial charge in [0.1, 0.15) is 0 Å². The maximum atomic E-state index is 12.0. The number of benzene rings is 1. The van der Waals surface area contributed by atoms with Gasteiger partial charge in [-0.05, 0) is 24.6 Å². The molecule has 0 atom stereocenters. The molecule has 0 aromatic heterocycles. The number of hydrogen-bond acceptors (Lipinski definition) is 4. The first-order chi connectivity index (χ1) is 9.62. The van der Waals surface area contributed by atoms with E-state index >= 15 is 0 Å². The molecule has 6 heteroatoms. The van der Waals surface area contributed by atoms with Gasteiger partial charge in [-0.15, -0.1) is 0 Å². The molecular formula is C14H18ClN3O2. The highest BCUT2D eigenvalue weighted by Crippen LogP contribution is 2.22. The molecule has 20 heavy (non-hydrogen) atoms. The molecule has 1 aromatic rings. The summed E-state index contributed by atoms with van der Waals surface area (Å²) < 4.78 is 0. The monoisotopic (exact) mass is 295 g/mol. The predicted molar refractivity (Wildman–Crippen MR) is 78.3 cm³/mol. The van der Waals surface area contributed by atoms with Crippen molar-refractivity contribution >= 4 is 23.2 Å². The number of nitrogens with zero attached hydrogens (tertiary/aromatic N) is 2. The fraction of sp³-hybridized carbons (Fsp3) is 0.429. The van der Waals surface area contributed by atoms with E-state index in [0.29, 0.717) is 30.2 Å². The van der Waals surface area contributed by atoms with Crippen LogP contribution in [0.25, 0.3) is 0 Å². The quantitative estimate of drug-likeness (QED) is 0.807. The molecule has 108 valence electrons. The fourth-order valence-corrected chi connectivity index (χ4v) is 1.92. The van der Waals surface area contributed by atoms with Crippen molar-refractivity contribution in [3.05, 3.63) is 28.8 Å². The van der Waals surface area contributed by atoms with Gasteiger partial charge in [-0.3, -0.25) is 4.79 Å². The highest BCUT2D eigenvalue weighted by molar-refractivity contribution is 6.33. The van der Waals surface area contributed by atoms with Crippen molar-refractivity contribution in [3.63, 3.8) is 0 Å². The van der Waals surface area contributed by atoms with Crippen molar-refractivity contribution in [1.29, 1.82) is 5.26 Å². The molecule has 1 aromatic carbocycles. The topological polar surface area (TPSA) is 76.4 Å². The summed E-state index contributed by atoms with van der Waals surface area (Å²) in [5, 5.41) is 21.1. The van der Waals surface area contributed by atoms with Crippen LogP contribution in [0.4, 0.5) is 5.69 Å². The number of nitriles is 1. The summed E-state index contributed by atoms with van der Waals surface area (Å²) in [6.07, 6.45) is 0.320. The average Bonchev–Trinajstić information content (AvgIpc) is 2.47. The third-order valence-corrected chi connectivity index (χ3v) is 3.20. The second-order valence-electron chi connectivity index (χ2n) is 4.21. The molecular weight excluding hydrogens is 278 g/mol. The molecule has 5 nitrogen and oxygen atoms in total. The summed E-state index contributed by atoms with van der Waals surface area (Å²) in [7, 11) is 0. The summed E-state index contributed by atoms with van der Waals surface area (Å²) in [6, 6.07) is 7.13. The third kappa shape index (κ3) is 4.72. The van der Waals surface area contributed by atoms with Crippen molar-refractivity contribution in [2.45, 2.75) is 20.0 Å². The Kier molecular flexibility index (Phi) is 6.85. The molecule has 0 fully saturated rings. The highest BCUT2D eigenvalue weighted by Gasteiger charge is 2.11. The fourth-order valence-electron chi connectivity index (χ4n) is 1.73. The van der Waals surface area contributed by atoms with E-state index in [4.69, 9.17) is 22.0 Å². The minimum absolute atomic E-state index is 0.0803. The van der Waals surface area contributed by atoms with Crippen molar-refractivity contribution in [2.24, 2.45) is 0 Å². The van der Waals surface area contributed by atoms with Crippen LogP contribution in [0.3, 0.4) is 0 Å². The van der Waals surface area contributed by atoms with E-state index < -0.39 is 0 Å². The van der Waals surface area contributed by atoms with Crippen LogP contribution in [0.1, 0.15) is 18.9 Å². The zero-order chi connectivity index (χ0) is 15.0. The zero-order valence-corrected chi connectivity index (χ0v) is 12.2. The number of aliphatic hydroxyl groups is 1. The van der Waals surface area contributed by atoms with Gasteiger partial charge in [0.05, 0.1) is 36.4 Å². The van der Waals surface area contributed by atoms with Crippen molar-refractivity contribution in [1.82, 2.24) is 4.90 Å². The predicted octanol–water partition coefficient (Wildman–Crippen LogP) is 2.01. The van der Waals surface area contributed by atoms with Gasteiger partial charge in [0.15, 0.2) is 0 Å². The third-order valence-electron chi connectivity index (χ3n) is 2.87. The van der Waals surface area contributed by atoms with Crippen molar-refractivity contribution < 1.29 is 9.90 Å². The first kappa shape index (κ1) is 16.3. The van der Waals surface area contributed by atoms with E-state index in [0.717, 1.165) is 5.56 Å². The molecule has 0 saturated heterocycles. The number of hydrogen-bond donors (Lipinski definition) is 2. The Morgan fingerprint density at radius 2 is 2.30 bits per heavy atom. The molecule has 1 amide bonds. The van der Waals surface area contributed by atoms with E-state index in [-0.39, 0.29) is 19.1 Å². The second kappa shape index (κ2) is 8.41. The summed E-state index contributed by atoms with van der Waals surface area (Å²) in [5.41, 5.74) is 1.34. The Morgan fingerprint density at radius 1 is 1.55 bits per heavy atom. The van der Waals surface area contributed by atoms with Gasteiger partial charge in [-0.25, -0.2) is 0 Å². The van der Waals surface area contributed by atoms with E-state index in [9.17, 15) is 4.79 Å². The van der Waals surface area contributed by atoms with Gasteiger partial charge < -0.3 is 15.3 Å².